The maximum absolute atomic E-state index is 12.5. The van der Waals surface area contributed by atoms with Gasteiger partial charge in [-0.25, -0.2) is 13.6 Å². The number of benzene rings is 1. The molecule has 0 radical (unpaired) electrons. The molecule has 0 atom stereocenters. The minimum absolute atomic E-state index is 0.0575. The molecule has 1 aromatic carbocycles. The molecule has 1 rings (SSSR count). The van der Waals surface area contributed by atoms with Crippen molar-refractivity contribution in [3.63, 3.8) is 0 Å². The summed E-state index contributed by atoms with van der Waals surface area (Å²) in [4.78, 5) is 22.9. The maximum Gasteiger partial charge on any atom is 0.379 e. The first-order valence-corrected chi connectivity index (χ1v) is 5.18. The first-order chi connectivity index (χ1) is 8.51. The third-order valence-corrected chi connectivity index (χ3v) is 2.18. The fourth-order valence-corrected chi connectivity index (χ4v) is 1.34. The summed E-state index contributed by atoms with van der Waals surface area (Å²) in [5.41, 5.74) is -0.382. The number of ether oxygens (including phenoxy) is 2. The number of rotatable bonds is 5. The summed E-state index contributed by atoms with van der Waals surface area (Å²) in [5.74, 6) is -2.04. The van der Waals surface area contributed by atoms with Crippen LogP contribution in [0.5, 0.6) is 5.75 Å². The zero-order valence-electron chi connectivity index (χ0n) is 9.91. The van der Waals surface area contributed by atoms with E-state index in [1.165, 1.54) is 7.11 Å². The molecule has 0 unspecified atom stereocenters. The highest BCUT2D eigenvalue weighted by Gasteiger charge is 2.22. The van der Waals surface area contributed by atoms with E-state index >= 15 is 0 Å². The second kappa shape index (κ2) is 6.09. The predicted octanol–water partition coefficient (Wildman–Crippen LogP) is 2.38. The van der Waals surface area contributed by atoms with Crippen molar-refractivity contribution >= 4 is 11.8 Å². The Kier molecular flexibility index (Phi) is 4.76. The first kappa shape index (κ1) is 14.1. The highest BCUT2D eigenvalue weighted by Crippen LogP contribution is 2.27. The van der Waals surface area contributed by atoms with E-state index in [1.54, 1.807) is 6.92 Å². The lowest BCUT2D eigenvalue weighted by molar-refractivity contribution is -0.137. The van der Waals surface area contributed by atoms with Crippen molar-refractivity contribution in [1.29, 1.82) is 0 Å². The monoisotopic (exact) mass is 258 g/mol. The molecule has 0 fully saturated rings. The third-order valence-electron chi connectivity index (χ3n) is 2.18. The predicted molar refractivity (Wildman–Crippen MR) is 58.9 cm³/mol. The van der Waals surface area contributed by atoms with E-state index in [1.807, 2.05) is 0 Å². The summed E-state index contributed by atoms with van der Waals surface area (Å²) in [7, 11) is 1.23. The van der Waals surface area contributed by atoms with Gasteiger partial charge in [-0.1, -0.05) is 6.07 Å². The molecule has 0 spiro atoms. The molecule has 0 aromatic heterocycles. The molecule has 4 nitrogen and oxygen atoms in total. The average Bonchev–Trinajstić information content (AvgIpc) is 2.37. The number of esters is 1. The molecular formula is C12H12F2O4. The van der Waals surface area contributed by atoms with Crippen molar-refractivity contribution in [2.45, 2.75) is 13.3 Å². The summed E-state index contributed by atoms with van der Waals surface area (Å²) in [6.07, 6.45) is -2.68. The SMILES string of the molecule is CCOC(=O)C(=O)c1ccc(C(F)F)cc1OC. The number of carbonyl (C=O) groups is 2. The van der Waals surface area contributed by atoms with E-state index in [-0.39, 0.29) is 23.5 Å². The summed E-state index contributed by atoms with van der Waals surface area (Å²) in [6.45, 7) is 1.62. The van der Waals surface area contributed by atoms with Crippen molar-refractivity contribution < 1.29 is 27.8 Å². The lowest BCUT2D eigenvalue weighted by Gasteiger charge is -2.09. The molecule has 0 saturated carbocycles. The molecule has 0 aliphatic rings. The fraction of sp³-hybridized carbons (Fsp3) is 0.333. The summed E-state index contributed by atoms with van der Waals surface area (Å²) < 4.78 is 34.3. The highest BCUT2D eigenvalue weighted by atomic mass is 19.3. The first-order valence-electron chi connectivity index (χ1n) is 5.18. The van der Waals surface area contributed by atoms with Crippen molar-refractivity contribution in [3.8, 4) is 5.75 Å². The minimum Gasteiger partial charge on any atom is -0.496 e. The van der Waals surface area contributed by atoms with E-state index in [4.69, 9.17) is 4.74 Å². The van der Waals surface area contributed by atoms with Gasteiger partial charge in [0.1, 0.15) is 5.75 Å². The van der Waals surface area contributed by atoms with Crippen LogP contribution < -0.4 is 4.74 Å². The van der Waals surface area contributed by atoms with Gasteiger partial charge in [0.25, 0.3) is 12.2 Å². The summed E-state index contributed by atoms with van der Waals surface area (Å²) >= 11 is 0. The van der Waals surface area contributed by atoms with Crippen LogP contribution in [-0.4, -0.2) is 25.5 Å². The second-order valence-electron chi connectivity index (χ2n) is 3.31. The maximum atomic E-state index is 12.5. The van der Waals surface area contributed by atoms with Crippen molar-refractivity contribution in [1.82, 2.24) is 0 Å². The molecular weight excluding hydrogens is 246 g/mol. The molecule has 0 saturated heterocycles. The normalized spacial score (nSPS) is 10.3. The second-order valence-corrected chi connectivity index (χ2v) is 3.31. The Morgan fingerprint density at radius 1 is 1.33 bits per heavy atom. The smallest absolute Gasteiger partial charge is 0.379 e. The molecule has 0 aliphatic carbocycles. The van der Waals surface area contributed by atoms with Crippen LogP contribution in [0.1, 0.15) is 29.3 Å². The van der Waals surface area contributed by atoms with Crippen LogP contribution in [0, 0.1) is 0 Å². The van der Waals surface area contributed by atoms with Gasteiger partial charge in [0, 0.05) is 5.56 Å². The van der Waals surface area contributed by atoms with Crippen LogP contribution in [0.15, 0.2) is 18.2 Å². The number of Topliss-reactive ketones (excluding diaryl/α,β-unsaturated/α-hetero) is 1. The Balaban J connectivity index is 3.09. The van der Waals surface area contributed by atoms with Gasteiger partial charge in [-0.3, -0.25) is 4.79 Å². The van der Waals surface area contributed by atoms with Gasteiger partial charge in [-0.2, -0.15) is 0 Å². The molecule has 98 valence electrons. The molecule has 0 bridgehead atoms. The van der Waals surface area contributed by atoms with Crippen molar-refractivity contribution in [2.24, 2.45) is 0 Å². The molecule has 6 heteroatoms. The van der Waals surface area contributed by atoms with E-state index < -0.39 is 18.2 Å². The van der Waals surface area contributed by atoms with Gasteiger partial charge in [0.05, 0.1) is 19.3 Å². The van der Waals surface area contributed by atoms with Crippen molar-refractivity contribution in [3.05, 3.63) is 29.3 Å². The number of hydrogen-bond acceptors (Lipinski definition) is 4. The molecule has 0 heterocycles. The molecule has 1 aromatic rings. The number of halogens is 2. The van der Waals surface area contributed by atoms with Gasteiger partial charge < -0.3 is 9.47 Å². The largest absolute Gasteiger partial charge is 0.496 e. The number of alkyl halides is 2. The molecule has 0 amide bonds. The van der Waals surface area contributed by atoms with E-state index in [2.05, 4.69) is 4.74 Å². The van der Waals surface area contributed by atoms with Crippen LogP contribution in [0.3, 0.4) is 0 Å². The van der Waals surface area contributed by atoms with Gasteiger partial charge in [0.15, 0.2) is 0 Å². The van der Waals surface area contributed by atoms with Gasteiger partial charge in [-0.05, 0) is 19.1 Å². The number of carbonyl (C=O) groups excluding carboxylic acids is 2. The van der Waals surface area contributed by atoms with Crippen molar-refractivity contribution in [2.75, 3.05) is 13.7 Å². The topological polar surface area (TPSA) is 52.6 Å². The molecule has 0 aliphatic heterocycles. The average molecular weight is 258 g/mol. The molecule has 18 heavy (non-hydrogen) atoms. The van der Waals surface area contributed by atoms with Crippen LogP contribution in [0.25, 0.3) is 0 Å². The Labute approximate surface area is 103 Å². The van der Waals surface area contributed by atoms with E-state index in [0.29, 0.717) is 0 Å². The summed E-state index contributed by atoms with van der Waals surface area (Å²) in [6, 6.07) is 3.22. The lowest BCUT2D eigenvalue weighted by Crippen LogP contribution is -2.18. The Morgan fingerprint density at radius 2 is 2.00 bits per heavy atom. The minimum atomic E-state index is -2.68. The van der Waals surface area contributed by atoms with Gasteiger partial charge in [0.2, 0.25) is 0 Å². The number of methoxy groups -OCH3 is 1. The Morgan fingerprint density at radius 3 is 2.50 bits per heavy atom. The van der Waals surface area contributed by atoms with E-state index in [9.17, 15) is 18.4 Å². The van der Waals surface area contributed by atoms with Gasteiger partial charge >= 0.3 is 5.97 Å². The zero-order valence-corrected chi connectivity index (χ0v) is 9.91. The van der Waals surface area contributed by atoms with Crippen LogP contribution >= 0.6 is 0 Å². The van der Waals surface area contributed by atoms with Crippen LogP contribution in [-0.2, 0) is 9.53 Å². The Bertz CT molecular complexity index is 457. The third kappa shape index (κ3) is 3.03. The van der Waals surface area contributed by atoms with Gasteiger partial charge in [-0.15, -0.1) is 0 Å². The Hall–Kier alpha value is -1.98. The number of hydrogen-bond donors (Lipinski definition) is 0. The van der Waals surface area contributed by atoms with E-state index in [0.717, 1.165) is 18.2 Å². The summed E-state index contributed by atoms with van der Waals surface area (Å²) in [5, 5.41) is 0. The quantitative estimate of drug-likeness (QED) is 0.462. The fourth-order valence-electron chi connectivity index (χ4n) is 1.34. The molecule has 0 N–H and O–H groups in total. The van der Waals surface area contributed by atoms with Crippen LogP contribution in [0.4, 0.5) is 8.78 Å². The zero-order chi connectivity index (χ0) is 13.7. The number of ketones is 1. The van der Waals surface area contributed by atoms with Crippen LogP contribution in [0.2, 0.25) is 0 Å². The highest BCUT2D eigenvalue weighted by molar-refractivity contribution is 6.41. The lowest BCUT2D eigenvalue weighted by atomic mass is 10.1. The standard InChI is InChI=1S/C12H12F2O4/c1-3-18-12(16)10(15)8-5-4-7(11(13)14)6-9(8)17-2/h4-6,11H,3H2,1-2H3.